The van der Waals surface area contributed by atoms with Crippen LogP contribution < -0.4 is 0 Å². The zero-order valence-corrected chi connectivity index (χ0v) is 16.3. The Morgan fingerprint density at radius 3 is 2.96 bits per heavy atom. The van der Waals surface area contributed by atoms with Crippen molar-refractivity contribution < 1.29 is 9.59 Å². The molecule has 0 N–H and O–H groups in total. The van der Waals surface area contributed by atoms with E-state index < -0.39 is 0 Å². The van der Waals surface area contributed by atoms with Crippen LogP contribution in [0.1, 0.15) is 50.5 Å². The van der Waals surface area contributed by atoms with E-state index in [9.17, 15) is 9.59 Å². The van der Waals surface area contributed by atoms with E-state index in [1.165, 1.54) is 10.7 Å². The third kappa shape index (κ3) is 2.43. The van der Waals surface area contributed by atoms with E-state index in [1.54, 1.807) is 22.1 Å². The summed E-state index contributed by atoms with van der Waals surface area (Å²) in [6.07, 6.45) is 3.81. The molecule has 0 aliphatic carbocycles. The van der Waals surface area contributed by atoms with Crippen LogP contribution in [-0.2, 0) is 13.0 Å². The average molecular weight is 396 g/mol. The second kappa shape index (κ2) is 6.04. The lowest BCUT2D eigenvalue weighted by Gasteiger charge is -2.35. The van der Waals surface area contributed by atoms with E-state index in [2.05, 4.69) is 16.1 Å². The normalized spacial score (nSPS) is 18.5. The van der Waals surface area contributed by atoms with E-state index >= 15 is 0 Å². The van der Waals surface area contributed by atoms with Crippen molar-refractivity contribution in [2.24, 2.45) is 0 Å². The summed E-state index contributed by atoms with van der Waals surface area (Å²) in [7, 11) is 1.82. The molecule has 3 aromatic rings. The van der Waals surface area contributed by atoms with Crippen molar-refractivity contribution in [3.05, 3.63) is 63.6 Å². The van der Waals surface area contributed by atoms with Gasteiger partial charge in [-0.1, -0.05) is 23.7 Å². The quantitative estimate of drug-likeness (QED) is 0.635. The van der Waals surface area contributed by atoms with Gasteiger partial charge in [-0.05, 0) is 30.0 Å². The fourth-order valence-corrected chi connectivity index (χ4v) is 4.41. The molecule has 1 atom stereocenters. The minimum Gasteiger partial charge on any atom is -0.337 e. The van der Waals surface area contributed by atoms with Gasteiger partial charge in [-0.3, -0.25) is 9.59 Å². The Balaban J connectivity index is 1.50. The zero-order valence-electron chi connectivity index (χ0n) is 15.5. The summed E-state index contributed by atoms with van der Waals surface area (Å²) < 4.78 is 1.51. The summed E-state index contributed by atoms with van der Waals surface area (Å²) in [5.41, 5.74) is 4.91. The van der Waals surface area contributed by atoms with Crippen LogP contribution in [0.15, 0.2) is 30.6 Å². The van der Waals surface area contributed by atoms with Gasteiger partial charge in [0.1, 0.15) is 0 Å². The van der Waals surface area contributed by atoms with Gasteiger partial charge in [0, 0.05) is 38.0 Å². The van der Waals surface area contributed by atoms with Gasteiger partial charge in [0.25, 0.3) is 11.8 Å². The average Bonchev–Trinajstić information content (AvgIpc) is 3.22. The molecule has 4 heterocycles. The smallest absolute Gasteiger partial charge is 0.274 e. The van der Waals surface area contributed by atoms with Gasteiger partial charge in [0.05, 0.1) is 17.3 Å². The van der Waals surface area contributed by atoms with Gasteiger partial charge >= 0.3 is 0 Å². The Morgan fingerprint density at radius 1 is 1.32 bits per heavy atom. The number of benzene rings is 1. The molecule has 5 rings (SSSR count). The molecule has 142 valence electrons. The maximum Gasteiger partial charge on any atom is 0.274 e. The molecule has 0 fully saturated rings. The van der Waals surface area contributed by atoms with Crippen molar-refractivity contribution in [3.63, 3.8) is 0 Å². The Labute approximate surface area is 166 Å². The number of aromatic nitrogens is 3. The molecule has 0 saturated carbocycles. The maximum atomic E-state index is 13.1. The first-order valence-electron chi connectivity index (χ1n) is 9.16. The standard InChI is InChI=1S/C20H18ClN5O2/c1-11-14-4-3-12-9-24(2)20(28)18(12)15(14)5-6-25(11)19(27)16-7-17-22-8-13(21)10-26(17)23-16/h3-4,7-8,10-11H,5-6,9H2,1-2H3. The summed E-state index contributed by atoms with van der Waals surface area (Å²) in [6, 6.07) is 5.59. The van der Waals surface area contributed by atoms with E-state index in [4.69, 9.17) is 11.6 Å². The maximum absolute atomic E-state index is 13.1. The highest BCUT2D eigenvalue weighted by atomic mass is 35.5. The lowest BCUT2D eigenvalue weighted by molar-refractivity contribution is 0.0671. The largest absolute Gasteiger partial charge is 0.337 e. The number of rotatable bonds is 1. The molecule has 1 aromatic carbocycles. The van der Waals surface area contributed by atoms with Crippen molar-refractivity contribution in [2.75, 3.05) is 13.6 Å². The Hall–Kier alpha value is -2.93. The highest BCUT2D eigenvalue weighted by molar-refractivity contribution is 6.30. The highest BCUT2D eigenvalue weighted by Gasteiger charge is 2.35. The van der Waals surface area contributed by atoms with E-state index in [1.807, 2.05) is 20.0 Å². The minimum absolute atomic E-state index is 0.0714. The monoisotopic (exact) mass is 395 g/mol. The number of nitrogens with zero attached hydrogens (tertiary/aromatic N) is 5. The van der Waals surface area contributed by atoms with Crippen LogP contribution in [0.4, 0.5) is 0 Å². The Kier molecular flexibility index (Phi) is 3.71. The fraction of sp³-hybridized carbons (Fsp3) is 0.300. The molecule has 8 heteroatoms. The molecule has 0 saturated heterocycles. The third-order valence-electron chi connectivity index (χ3n) is 5.69. The van der Waals surface area contributed by atoms with Crippen molar-refractivity contribution >= 4 is 29.1 Å². The van der Waals surface area contributed by atoms with Crippen LogP contribution >= 0.6 is 11.6 Å². The molecular formula is C20H18ClN5O2. The van der Waals surface area contributed by atoms with Crippen LogP contribution in [-0.4, -0.2) is 49.8 Å². The van der Waals surface area contributed by atoms with Gasteiger partial charge in [0.15, 0.2) is 11.3 Å². The number of hydrogen-bond donors (Lipinski definition) is 0. The minimum atomic E-state index is -0.149. The van der Waals surface area contributed by atoms with Crippen LogP contribution in [0.25, 0.3) is 5.65 Å². The summed E-state index contributed by atoms with van der Waals surface area (Å²) in [5.74, 6) is -0.0779. The van der Waals surface area contributed by atoms with E-state index in [0.717, 1.165) is 22.3 Å². The Morgan fingerprint density at radius 2 is 2.14 bits per heavy atom. The lowest BCUT2D eigenvalue weighted by atomic mass is 9.87. The van der Waals surface area contributed by atoms with Crippen molar-refractivity contribution in [1.82, 2.24) is 24.4 Å². The molecule has 7 nitrogen and oxygen atoms in total. The van der Waals surface area contributed by atoms with Gasteiger partial charge in [-0.15, -0.1) is 0 Å². The molecule has 0 bridgehead atoms. The van der Waals surface area contributed by atoms with Crippen LogP contribution in [0.3, 0.4) is 0 Å². The number of halogens is 1. The van der Waals surface area contributed by atoms with Crippen LogP contribution in [0, 0.1) is 0 Å². The molecule has 28 heavy (non-hydrogen) atoms. The Bertz CT molecular complexity index is 1150. The molecule has 2 aliphatic heterocycles. The van der Waals surface area contributed by atoms with Gasteiger partial charge in [0.2, 0.25) is 0 Å². The summed E-state index contributed by atoms with van der Waals surface area (Å²) in [6.45, 7) is 3.19. The second-order valence-corrected chi connectivity index (χ2v) is 7.79. The molecule has 1 unspecified atom stereocenters. The van der Waals surface area contributed by atoms with Gasteiger partial charge < -0.3 is 9.80 Å². The molecule has 0 spiro atoms. The van der Waals surface area contributed by atoms with Crippen LogP contribution in [0.2, 0.25) is 5.02 Å². The van der Waals surface area contributed by atoms with Crippen molar-refractivity contribution in [1.29, 1.82) is 0 Å². The van der Waals surface area contributed by atoms with Gasteiger partial charge in [-0.25, -0.2) is 9.50 Å². The van der Waals surface area contributed by atoms with Crippen molar-refractivity contribution in [2.45, 2.75) is 25.9 Å². The molecule has 2 aromatic heterocycles. The third-order valence-corrected chi connectivity index (χ3v) is 5.88. The van der Waals surface area contributed by atoms with Crippen LogP contribution in [0.5, 0.6) is 0 Å². The predicted octanol–water partition coefficient (Wildman–Crippen LogP) is 2.73. The number of hydrogen-bond acceptors (Lipinski definition) is 4. The summed E-state index contributed by atoms with van der Waals surface area (Å²) in [5, 5.41) is 4.79. The van der Waals surface area contributed by atoms with E-state index in [0.29, 0.717) is 35.9 Å². The van der Waals surface area contributed by atoms with E-state index in [-0.39, 0.29) is 17.9 Å². The molecule has 0 radical (unpaired) electrons. The highest BCUT2D eigenvalue weighted by Crippen LogP contribution is 2.36. The fourth-order valence-electron chi connectivity index (χ4n) is 4.27. The molecule has 2 aliphatic rings. The lowest BCUT2D eigenvalue weighted by Crippen LogP contribution is -2.39. The van der Waals surface area contributed by atoms with Gasteiger partial charge in [-0.2, -0.15) is 5.10 Å². The second-order valence-electron chi connectivity index (χ2n) is 7.36. The predicted molar refractivity (Wildman–Crippen MR) is 103 cm³/mol. The first-order chi connectivity index (χ1) is 13.4. The molecule has 2 amide bonds. The first kappa shape index (κ1) is 17.2. The number of carbonyl (C=O) groups is 2. The number of fused-ring (bicyclic) bond motifs is 4. The SMILES string of the molecule is CC1c2ccc3c(c2CCN1C(=O)c1cc2ncc(Cl)cn2n1)C(=O)N(C)C3. The zero-order chi connectivity index (χ0) is 19.6. The van der Waals surface area contributed by atoms with Crippen molar-refractivity contribution in [3.8, 4) is 0 Å². The topological polar surface area (TPSA) is 70.8 Å². The summed E-state index contributed by atoms with van der Waals surface area (Å²) >= 11 is 5.95. The number of carbonyl (C=O) groups excluding carboxylic acids is 2. The number of amides is 2. The summed E-state index contributed by atoms with van der Waals surface area (Å²) in [4.78, 5) is 33.4. The molecular weight excluding hydrogens is 378 g/mol. The first-order valence-corrected chi connectivity index (χ1v) is 9.54.